The first-order chi connectivity index (χ1) is 27.2. The third-order valence-corrected chi connectivity index (χ3v) is 8.38. The molecule has 16 nitrogen and oxygen atoms in total. The van der Waals surface area contributed by atoms with E-state index < -0.39 is 65.2 Å². The van der Waals surface area contributed by atoms with Gasteiger partial charge >= 0.3 is 18.2 Å². The van der Waals surface area contributed by atoms with Gasteiger partial charge in [0, 0.05) is 26.3 Å². The summed E-state index contributed by atoms with van der Waals surface area (Å²) in [6.45, 7) is 15.2. The van der Waals surface area contributed by atoms with E-state index in [2.05, 4.69) is 60.7 Å². The van der Waals surface area contributed by atoms with Gasteiger partial charge in [-0.25, -0.2) is 14.4 Å². The lowest BCUT2D eigenvalue weighted by atomic mass is 10.0. The van der Waals surface area contributed by atoms with Crippen molar-refractivity contribution in [3.8, 4) is 5.75 Å². The highest BCUT2D eigenvalue weighted by molar-refractivity contribution is 14.1. The van der Waals surface area contributed by atoms with Gasteiger partial charge in [0.15, 0.2) is 4.11 Å². The second-order valence-corrected chi connectivity index (χ2v) is 16.3. The monoisotopic (exact) mass is 920 g/mol. The largest absolute Gasteiger partial charge is 0.476 e. The molecule has 0 fully saturated rings. The van der Waals surface area contributed by atoms with E-state index in [9.17, 15) is 28.8 Å². The minimum Gasteiger partial charge on any atom is -0.476 e. The van der Waals surface area contributed by atoms with Crippen molar-refractivity contribution in [2.45, 2.75) is 114 Å². The fourth-order valence-electron chi connectivity index (χ4n) is 5.13. The van der Waals surface area contributed by atoms with E-state index in [1.807, 2.05) is 18.2 Å². The average Bonchev–Trinajstić information content (AvgIpc) is 3.12. The zero-order chi connectivity index (χ0) is 43.5. The third-order valence-electron chi connectivity index (χ3n) is 7.62. The Morgan fingerprint density at radius 2 is 1.26 bits per heavy atom. The van der Waals surface area contributed by atoms with Crippen LogP contribution in [0.3, 0.4) is 0 Å². The molecule has 0 aliphatic heterocycles. The van der Waals surface area contributed by atoms with Crippen LogP contribution >= 0.6 is 22.6 Å². The van der Waals surface area contributed by atoms with Crippen LogP contribution in [0.15, 0.2) is 72.2 Å². The second kappa shape index (κ2) is 23.9. The molecule has 2 rings (SSSR count). The molecule has 0 bridgehead atoms. The number of amides is 5. The number of carbonyl (C=O) groups excluding carboxylic acids is 6. The predicted octanol–water partition coefficient (Wildman–Crippen LogP) is 5.02. The summed E-state index contributed by atoms with van der Waals surface area (Å²) in [7, 11) is 1.21. The summed E-state index contributed by atoms with van der Waals surface area (Å²) in [6.07, 6.45) is 0.894. The van der Waals surface area contributed by atoms with Crippen LogP contribution in [-0.4, -0.2) is 88.9 Å². The summed E-state index contributed by atoms with van der Waals surface area (Å²) in [4.78, 5) is 82.1. The van der Waals surface area contributed by atoms with Crippen molar-refractivity contribution in [2.24, 2.45) is 4.99 Å². The van der Waals surface area contributed by atoms with Crippen LogP contribution in [-0.2, 0) is 46.2 Å². The summed E-state index contributed by atoms with van der Waals surface area (Å²) >= 11 is 2.08. The van der Waals surface area contributed by atoms with Gasteiger partial charge in [-0.1, -0.05) is 49.0 Å². The molecule has 0 aliphatic rings. The van der Waals surface area contributed by atoms with Crippen molar-refractivity contribution in [1.29, 1.82) is 0 Å². The lowest BCUT2D eigenvalue weighted by molar-refractivity contribution is -0.145. The molecule has 0 radical (unpaired) electrons. The number of ether oxygens (including phenoxy) is 4. The molecule has 0 unspecified atom stereocenters. The highest BCUT2D eigenvalue weighted by Crippen LogP contribution is 2.18. The summed E-state index contributed by atoms with van der Waals surface area (Å²) in [6, 6.07) is 12.8. The lowest BCUT2D eigenvalue weighted by Crippen LogP contribution is -2.56. The fraction of sp³-hybridized carbons (Fsp3) is 0.488. The minimum atomic E-state index is -1.16. The summed E-state index contributed by atoms with van der Waals surface area (Å²) < 4.78 is 21.1. The van der Waals surface area contributed by atoms with Crippen LogP contribution in [0.4, 0.5) is 9.59 Å². The smallest absolute Gasteiger partial charge is 0.414 e. The van der Waals surface area contributed by atoms with E-state index in [-0.39, 0.29) is 35.9 Å². The quantitative estimate of drug-likeness (QED) is 0.0197. The van der Waals surface area contributed by atoms with E-state index in [1.54, 1.807) is 84.0 Å². The molecule has 0 heterocycles. The van der Waals surface area contributed by atoms with Crippen LogP contribution in [0.1, 0.15) is 78.9 Å². The van der Waals surface area contributed by atoms with Gasteiger partial charge in [0.25, 0.3) is 0 Å². The Morgan fingerprint density at radius 1 is 0.741 bits per heavy atom. The first kappa shape index (κ1) is 48.9. The number of methoxy groups -OCH3 is 1. The van der Waals surface area contributed by atoms with E-state index in [4.69, 9.17) is 18.9 Å². The Hall–Kier alpha value is -5.20. The maximum Gasteiger partial charge on any atom is 0.414 e. The number of alkyl carbamates (subject to hydrolysis) is 2. The molecule has 0 saturated carbocycles. The van der Waals surface area contributed by atoms with Gasteiger partial charge in [0.05, 0.1) is 7.11 Å². The zero-order valence-corrected chi connectivity index (χ0v) is 36.6. The van der Waals surface area contributed by atoms with Crippen LogP contribution in [0.2, 0.25) is 0 Å². The fourth-order valence-corrected chi connectivity index (χ4v) is 5.43. The Morgan fingerprint density at radius 3 is 1.78 bits per heavy atom. The molecule has 4 atom stereocenters. The van der Waals surface area contributed by atoms with Gasteiger partial charge in [0.2, 0.25) is 23.7 Å². The molecule has 0 spiro atoms. The molecule has 2 aromatic rings. The first-order valence-corrected chi connectivity index (χ1v) is 20.0. The number of carbonyl (C=O) groups is 6. The first-order valence-electron chi connectivity index (χ1n) is 18.7. The number of nitrogens with zero attached hydrogens (tertiary/aromatic N) is 1. The lowest BCUT2D eigenvalue weighted by Gasteiger charge is -2.25. The Balaban J connectivity index is 2.32. The number of alkyl halides is 1. The normalized spacial score (nSPS) is 13.2. The standard InChI is InChI=1S/C41H57IN6O10/c1-10-33(42)56-29-21-19-28(20-22-29)24-31(44-26(2)49)35(51)45-30(34(50)46-32(36(52)55-9)25-27-16-12-11-13-17-27)18-14-15-23-43-37(47-38(53)57-40(3,4)5)48-39(54)58-41(6,7)8/h10-13,16-17,19-22,30-33H,1,14-15,18,23-25H2,2-9H3,(H,44,49)(H,45,51)(H,46,50)(H2,43,47,48,53,54)/t30-,31-,32-,33-/m0/s1. The third kappa shape index (κ3) is 20.3. The molecule has 58 heavy (non-hydrogen) atoms. The van der Waals surface area contributed by atoms with E-state index in [1.165, 1.54) is 14.0 Å². The van der Waals surface area contributed by atoms with Crippen molar-refractivity contribution < 1.29 is 47.7 Å². The minimum absolute atomic E-state index is 0.0708. The molecule has 5 amide bonds. The highest BCUT2D eigenvalue weighted by Gasteiger charge is 2.30. The number of hydrogen-bond acceptors (Lipinski definition) is 11. The maximum atomic E-state index is 13.9. The molecule has 2 aromatic carbocycles. The van der Waals surface area contributed by atoms with Gasteiger partial charge < -0.3 is 34.9 Å². The van der Waals surface area contributed by atoms with Crippen LogP contribution in [0.25, 0.3) is 0 Å². The summed E-state index contributed by atoms with van der Waals surface area (Å²) in [5.41, 5.74) is -0.157. The number of unbranched alkanes of at least 4 members (excludes halogenated alkanes) is 1. The average molecular weight is 921 g/mol. The van der Waals surface area contributed by atoms with Gasteiger partial charge in [0.1, 0.15) is 35.1 Å². The van der Waals surface area contributed by atoms with Crippen molar-refractivity contribution in [3.05, 3.63) is 78.4 Å². The summed E-state index contributed by atoms with van der Waals surface area (Å²) in [5, 5.41) is 13.0. The summed E-state index contributed by atoms with van der Waals surface area (Å²) in [5.74, 6) is -2.03. The maximum absolute atomic E-state index is 13.9. The molecule has 318 valence electrons. The molecule has 5 N–H and O–H groups in total. The Kier molecular flexibility index (Phi) is 20.2. The van der Waals surface area contributed by atoms with Gasteiger partial charge in [-0.05, 0) is 113 Å². The van der Waals surface area contributed by atoms with Crippen LogP contribution in [0, 0.1) is 0 Å². The number of esters is 1. The van der Waals surface area contributed by atoms with Gasteiger partial charge in [-0.15, -0.1) is 0 Å². The van der Waals surface area contributed by atoms with E-state index >= 15 is 0 Å². The number of nitrogens with one attached hydrogen (secondary N) is 5. The van der Waals surface area contributed by atoms with E-state index in [0.29, 0.717) is 24.2 Å². The number of hydrogen-bond donors (Lipinski definition) is 5. The Labute approximate surface area is 354 Å². The van der Waals surface area contributed by atoms with Crippen molar-refractivity contribution in [1.82, 2.24) is 26.6 Å². The molecule has 0 aromatic heterocycles. The van der Waals surface area contributed by atoms with E-state index in [0.717, 1.165) is 5.56 Å². The zero-order valence-electron chi connectivity index (χ0n) is 34.4. The van der Waals surface area contributed by atoms with Gasteiger partial charge in [-0.2, -0.15) is 0 Å². The van der Waals surface area contributed by atoms with Crippen LogP contribution in [0.5, 0.6) is 5.75 Å². The van der Waals surface area contributed by atoms with Crippen molar-refractivity contribution >= 4 is 64.4 Å². The Bertz CT molecular complexity index is 1690. The number of guanidine groups is 1. The molecule has 17 heteroatoms. The SMILES string of the molecule is C=C[C@@H](I)Oc1ccc(C[C@H](NC(C)=O)C(=O)N[C@@H](CCCCN=C(NC(=O)OC(C)(C)C)NC(=O)OC(C)(C)C)C(=O)N[C@@H](Cc2ccccc2)C(=O)OC)cc1. The molecule has 0 aliphatic carbocycles. The predicted molar refractivity (Wildman–Crippen MR) is 227 cm³/mol. The number of benzene rings is 2. The van der Waals surface area contributed by atoms with Gasteiger partial charge in [-0.3, -0.25) is 30.0 Å². The highest BCUT2D eigenvalue weighted by atomic mass is 127. The number of aliphatic imine (C=N–C) groups is 1. The number of halogens is 1. The second-order valence-electron chi connectivity index (χ2n) is 15.1. The van der Waals surface area contributed by atoms with Crippen LogP contribution < -0.4 is 31.3 Å². The molecular formula is C41H57IN6O10. The topological polar surface area (TPSA) is 212 Å². The van der Waals surface area contributed by atoms with Crippen molar-refractivity contribution in [3.63, 3.8) is 0 Å². The number of rotatable bonds is 18. The molecule has 0 saturated heterocycles. The molecular weight excluding hydrogens is 863 g/mol. The van der Waals surface area contributed by atoms with Crippen molar-refractivity contribution in [2.75, 3.05) is 13.7 Å².